The first-order valence-corrected chi connectivity index (χ1v) is 7.79. The van der Waals surface area contributed by atoms with Crippen LogP contribution in [0.25, 0.3) is 0 Å². The molecule has 0 saturated heterocycles. The molecule has 0 amide bonds. The summed E-state index contributed by atoms with van der Waals surface area (Å²) in [6.45, 7) is 6.27. The van der Waals surface area contributed by atoms with Gasteiger partial charge in [0.1, 0.15) is 5.82 Å². The Kier molecular flexibility index (Phi) is 6.15. The molecule has 1 saturated carbocycles. The topological polar surface area (TPSA) is 32.7 Å². The molecule has 0 radical (unpaired) electrons. The van der Waals surface area contributed by atoms with Crippen molar-refractivity contribution in [1.82, 2.24) is 4.90 Å². The molecule has 2 rings (SSSR count). The first-order valence-electron chi connectivity index (χ1n) is 7.79. The predicted molar refractivity (Wildman–Crippen MR) is 81.5 cm³/mol. The van der Waals surface area contributed by atoms with Gasteiger partial charge in [-0.25, -0.2) is 4.39 Å². The Bertz CT molecular complexity index is 435. The molecule has 1 fully saturated rings. The number of benzene rings is 1. The summed E-state index contributed by atoms with van der Waals surface area (Å²) in [4.78, 5) is 2.17. The Labute approximate surface area is 126 Å². The van der Waals surface area contributed by atoms with Gasteiger partial charge in [0.25, 0.3) is 0 Å². The highest BCUT2D eigenvalue weighted by Gasteiger charge is 2.30. The summed E-state index contributed by atoms with van der Waals surface area (Å²) in [6, 6.07) is 7.33. The van der Waals surface area contributed by atoms with Crippen molar-refractivity contribution in [1.29, 1.82) is 0 Å². The van der Waals surface area contributed by atoms with Crippen LogP contribution in [0.2, 0.25) is 0 Å². The second kappa shape index (κ2) is 7.87. The van der Waals surface area contributed by atoms with Crippen molar-refractivity contribution in [2.24, 2.45) is 5.92 Å². The first-order chi connectivity index (χ1) is 10.1. The van der Waals surface area contributed by atoms with Crippen LogP contribution in [0.1, 0.15) is 32.3 Å². The van der Waals surface area contributed by atoms with Gasteiger partial charge in [-0.1, -0.05) is 32.0 Å². The second-order valence-corrected chi connectivity index (χ2v) is 6.34. The van der Waals surface area contributed by atoms with Gasteiger partial charge >= 0.3 is 0 Å². The molecule has 0 aliphatic heterocycles. The van der Waals surface area contributed by atoms with Gasteiger partial charge in [0.05, 0.1) is 12.7 Å². The van der Waals surface area contributed by atoms with Gasteiger partial charge in [0, 0.05) is 31.3 Å². The summed E-state index contributed by atoms with van der Waals surface area (Å²) in [5, 5.41) is 10.1. The maximum Gasteiger partial charge on any atom is 0.127 e. The molecule has 1 aromatic carbocycles. The Morgan fingerprint density at radius 3 is 2.62 bits per heavy atom. The van der Waals surface area contributed by atoms with Crippen LogP contribution in [0.4, 0.5) is 4.39 Å². The highest BCUT2D eigenvalue weighted by Crippen LogP contribution is 2.28. The standard InChI is InChI=1S/C17H26FNO2/c1-13(2)11-21-12-16(20)10-19(15-7-8-15)9-14-5-3-4-6-17(14)18/h3-6,13,15-16,20H,7-12H2,1-2H3. The zero-order chi connectivity index (χ0) is 15.2. The molecule has 1 aromatic rings. The molecule has 118 valence electrons. The van der Waals surface area contributed by atoms with Crippen molar-refractivity contribution in [3.05, 3.63) is 35.6 Å². The van der Waals surface area contributed by atoms with Crippen molar-refractivity contribution in [3.63, 3.8) is 0 Å². The minimum Gasteiger partial charge on any atom is -0.389 e. The normalized spacial score (nSPS) is 16.7. The Hall–Kier alpha value is -0.970. The third-order valence-electron chi connectivity index (χ3n) is 3.60. The van der Waals surface area contributed by atoms with E-state index in [9.17, 15) is 9.50 Å². The van der Waals surface area contributed by atoms with Gasteiger partial charge in [-0.3, -0.25) is 4.90 Å². The van der Waals surface area contributed by atoms with E-state index >= 15 is 0 Å². The van der Waals surface area contributed by atoms with Crippen molar-refractivity contribution >= 4 is 0 Å². The number of hydrogen-bond donors (Lipinski definition) is 1. The van der Waals surface area contributed by atoms with Crippen molar-refractivity contribution in [2.45, 2.75) is 45.4 Å². The molecule has 21 heavy (non-hydrogen) atoms. The molecule has 1 atom stereocenters. The van der Waals surface area contributed by atoms with Gasteiger partial charge in [0.2, 0.25) is 0 Å². The van der Waals surface area contributed by atoms with Gasteiger partial charge < -0.3 is 9.84 Å². The maximum absolute atomic E-state index is 13.7. The number of aliphatic hydroxyl groups excluding tert-OH is 1. The quantitative estimate of drug-likeness (QED) is 0.760. The third kappa shape index (κ3) is 5.73. The lowest BCUT2D eigenvalue weighted by Crippen LogP contribution is -2.36. The highest BCUT2D eigenvalue weighted by molar-refractivity contribution is 5.17. The maximum atomic E-state index is 13.7. The van der Waals surface area contributed by atoms with E-state index in [1.807, 2.05) is 12.1 Å². The highest BCUT2D eigenvalue weighted by atomic mass is 19.1. The second-order valence-electron chi connectivity index (χ2n) is 6.34. The number of aliphatic hydroxyl groups is 1. The minimum atomic E-state index is -0.517. The van der Waals surface area contributed by atoms with Crippen LogP contribution in [-0.2, 0) is 11.3 Å². The third-order valence-corrected chi connectivity index (χ3v) is 3.60. The summed E-state index contributed by atoms with van der Waals surface area (Å²) in [6.07, 6.45) is 1.75. The van der Waals surface area contributed by atoms with Crippen LogP contribution in [-0.4, -0.2) is 41.9 Å². The molecule has 1 unspecified atom stereocenters. The van der Waals surface area contributed by atoms with E-state index in [2.05, 4.69) is 18.7 Å². The molecular weight excluding hydrogens is 269 g/mol. The largest absolute Gasteiger partial charge is 0.389 e. The molecule has 0 spiro atoms. The van der Waals surface area contributed by atoms with E-state index in [0.717, 1.165) is 12.8 Å². The van der Waals surface area contributed by atoms with E-state index in [1.54, 1.807) is 6.07 Å². The summed E-state index contributed by atoms with van der Waals surface area (Å²) >= 11 is 0. The molecule has 1 aliphatic carbocycles. The number of halogens is 1. The van der Waals surface area contributed by atoms with Gasteiger partial charge in [-0.15, -0.1) is 0 Å². The fraction of sp³-hybridized carbons (Fsp3) is 0.647. The van der Waals surface area contributed by atoms with E-state index in [0.29, 0.717) is 43.8 Å². The average Bonchev–Trinajstić information content (AvgIpc) is 3.24. The number of hydrogen-bond acceptors (Lipinski definition) is 3. The van der Waals surface area contributed by atoms with Crippen molar-refractivity contribution in [2.75, 3.05) is 19.8 Å². The molecule has 0 bridgehead atoms. The SMILES string of the molecule is CC(C)COCC(O)CN(Cc1ccccc1F)C1CC1. The van der Waals surface area contributed by atoms with Crippen LogP contribution < -0.4 is 0 Å². The van der Waals surface area contributed by atoms with E-state index in [4.69, 9.17) is 4.74 Å². The minimum absolute atomic E-state index is 0.173. The molecule has 3 nitrogen and oxygen atoms in total. The number of ether oxygens (including phenoxy) is 1. The summed E-state index contributed by atoms with van der Waals surface area (Å²) in [5.41, 5.74) is 0.694. The fourth-order valence-electron chi connectivity index (χ4n) is 2.39. The average molecular weight is 295 g/mol. The van der Waals surface area contributed by atoms with Gasteiger partial charge in [-0.05, 0) is 24.8 Å². The molecule has 1 N–H and O–H groups in total. The summed E-state index contributed by atoms with van der Waals surface area (Å²) in [7, 11) is 0. The van der Waals surface area contributed by atoms with Crippen molar-refractivity contribution < 1.29 is 14.2 Å². The predicted octanol–water partition coefficient (Wildman–Crippen LogP) is 2.82. The first kappa shape index (κ1) is 16.4. The lowest BCUT2D eigenvalue weighted by Gasteiger charge is -2.25. The molecule has 1 aliphatic rings. The van der Waals surface area contributed by atoms with Gasteiger partial charge in [0.15, 0.2) is 0 Å². The smallest absolute Gasteiger partial charge is 0.127 e. The van der Waals surface area contributed by atoms with Crippen LogP contribution in [0.3, 0.4) is 0 Å². The van der Waals surface area contributed by atoms with Crippen LogP contribution in [0.5, 0.6) is 0 Å². The Balaban J connectivity index is 1.83. The Morgan fingerprint density at radius 1 is 1.29 bits per heavy atom. The summed E-state index contributed by atoms with van der Waals surface area (Å²) in [5.74, 6) is 0.295. The number of rotatable bonds is 9. The Morgan fingerprint density at radius 2 is 2.00 bits per heavy atom. The van der Waals surface area contributed by atoms with Gasteiger partial charge in [-0.2, -0.15) is 0 Å². The molecular formula is C17H26FNO2. The molecule has 0 heterocycles. The lowest BCUT2D eigenvalue weighted by atomic mass is 10.2. The zero-order valence-electron chi connectivity index (χ0n) is 13.0. The molecule has 4 heteroatoms. The monoisotopic (exact) mass is 295 g/mol. The van der Waals surface area contributed by atoms with Crippen LogP contribution in [0, 0.1) is 11.7 Å². The lowest BCUT2D eigenvalue weighted by molar-refractivity contribution is 0.00533. The van der Waals surface area contributed by atoms with Crippen LogP contribution >= 0.6 is 0 Å². The van der Waals surface area contributed by atoms with E-state index in [1.165, 1.54) is 6.07 Å². The molecule has 0 aromatic heterocycles. The van der Waals surface area contributed by atoms with E-state index < -0.39 is 6.10 Å². The zero-order valence-corrected chi connectivity index (χ0v) is 13.0. The summed E-state index contributed by atoms with van der Waals surface area (Å²) < 4.78 is 19.2. The van der Waals surface area contributed by atoms with E-state index in [-0.39, 0.29) is 5.82 Å². The van der Waals surface area contributed by atoms with Crippen LogP contribution in [0.15, 0.2) is 24.3 Å². The van der Waals surface area contributed by atoms with Crippen molar-refractivity contribution in [3.8, 4) is 0 Å². The number of nitrogens with zero attached hydrogens (tertiary/aromatic N) is 1. The fourth-order valence-corrected chi connectivity index (χ4v) is 2.39.